The van der Waals surface area contributed by atoms with Crippen molar-refractivity contribution in [1.29, 1.82) is 0 Å². The summed E-state index contributed by atoms with van der Waals surface area (Å²) in [7, 11) is 1.68. The molecule has 3 aliphatic heterocycles. The van der Waals surface area contributed by atoms with E-state index in [4.69, 9.17) is 19.4 Å². The number of rotatable bonds is 6. The molecule has 1 aromatic carbocycles. The summed E-state index contributed by atoms with van der Waals surface area (Å²) in [4.78, 5) is 51.0. The number of nitrogens with zero attached hydrogens (tertiary/aromatic N) is 4. The number of hydrogen-bond acceptors (Lipinski definition) is 10. The molecule has 0 spiro atoms. The van der Waals surface area contributed by atoms with Crippen molar-refractivity contribution in [3.8, 4) is 22.5 Å². The van der Waals surface area contributed by atoms with Crippen LogP contribution in [-0.2, 0) is 43.2 Å². The third kappa shape index (κ3) is 7.53. The van der Waals surface area contributed by atoms with Gasteiger partial charge < -0.3 is 24.7 Å². The molecule has 14 heteroatoms. The molecule has 288 valence electrons. The topological polar surface area (TPSA) is 140 Å². The minimum atomic E-state index is -2.08. The summed E-state index contributed by atoms with van der Waals surface area (Å²) in [6.07, 6.45) is 3.28. The molecule has 0 radical (unpaired) electrons. The molecule has 6 bridgehead atoms. The predicted molar refractivity (Wildman–Crippen MR) is 205 cm³/mol. The molecular formula is C40H50FN7O5S. The van der Waals surface area contributed by atoms with Crippen molar-refractivity contribution in [3.05, 3.63) is 58.2 Å². The van der Waals surface area contributed by atoms with E-state index in [2.05, 4.69) is 65.7 Å². The molecule has 6 heterocycles. The maximum Gasteiger partial charge on any atom is 0.324 e. The molecule has 0 saturated carbocycles. The molecule has 3 N–H and O–H groups in total. The second kappa shape index (κ2) is 15.5. The fourth-order valence-electron chi connectivity index (χ4n) is 7.90. The summed E-state index contributed by atoms with van der Waals surface area (Å²) in [5, 5.41) is 10.9. The zero-order chi connectivity index (χ0) is 38.2. The first kappa shape index (κ1) is 38.1. The van der Waals surface area contributed by atoms with E-state index in [1.165, 1.54) is 16.3 Å². The smallest absolute Gasteiger partial charge is 0.324 e. The molecule has 2 amide bonds. The van der Waals surface area contributed by atoms with Gasteiger partial charge in [0.1, 0.15) is 12.1 Å². The van der Waals surface area contributed by atoms with Crippen LogP contribution < -0.4 is 16.1 Å². The van der Waals surface area contributed by atoms with Crippen LogP contribution in [0.15, 0.2) is 41.9 Å². The number of fused-ring (bicyclic) bond motifs is 6. The van der Waals surface area contributed by atoms with Gasteiger partial charge in [-0.1, -0.05) is 19.9 Å². The Morgan fingerprint density at radius 1 is 1.22 bits per heavy atom. The number of methoxy groups -OCH3 is 1. The number of piperidine rings is 1. The lowest BCUT2D eigenvalue weighted by atomic mass is 9.84. The fraction of sp³-hybridized carbons (Fsp3) is 0.525. The third-order valence-electron chi connectivity index (χ3n) is 10.9. The Bertz CT molecular complexity index is 2040. The second-order valence-corrected chi connectivity index (χ2v) is 16.4. The second-order valence-electron chi connectivity index (χ2n) is 15.5. The number of ether oxygens (including phenoxy) is 2. The van der Waals surface area contributed by atoms with E-state index in [9.17, 15) is 14.4 Å². The molecular weight excluding hydrogens is 710 g/mol. The van der Waals surface area contributed by atoms with Gasteiger partial charge in [0, 0.05) is 78.5 Å². The Labute approximate surface area is 319 Å². The average Bonchev–Trinajstić information content (AvgIpc) is 3.77. The van der Waals surface area contributed by atoms with Crippen molar-refractivity contribution in [2.75, 3.05) is 33.4 Å². The largest absolute Gasteiger partial charge is 0.464 e. The number of carbonyl (C=O) groups excluding carboxylic acids is 3. The van der Waals surface area contributed by atoms with Crippen LogP contribution in [-0.4, -0.2) is 88.4 Å². The SMILES string of the molecule is CCn1c(-c2cccnc2[C@H](C)OC)c2c3cc(ccc31)-c1csc(n1)C[C@H](NC(=O)C1(F)CCNCC1)C(=O)N1CCC[C@H](N1)C(=O)OCC(C)(C)C2. The number of hydrazine groups is 1. The number of esters is 1. The van der Waals surface area contributed by atoms with Crippen LogP contribution in [0.1, 0.15) is 75.7 Å². The summed E-state index contributed by atoms with van der Waals surface area (Å²) >= 11 is 1.39. The van der Waals surface area contributed by atoms with Gasteiger partial charge in [-0.15, -0.1) is 11.3 Å². The number of amides is 2. The number of alkyl halides is 1. The summed E-state index contributed by atoms with van der Waals surface area (Å²) in [6.45, 7) is 10.2. The summed E-state index contributed by atoms with van der Waals surface area (Å²) < 4.78 is 30.0. The number of aromatic nitrogens is 3. The number of carbonyl (C=O) groups is 3. The van der Waals surface area contributed by atoms with Crippen LogP contribution in [0.5, 0.6) is 0 Å². The summed E-state index contributed by atoms with van der Waals surface area (Å²) in [5.74, 6) is -1.71. The number of aryl methyl sites for hydroxylation is 1. The molecule has 2 fully saturated rings. The highest BCUT2D eigenvalue weighted by atomic mass is 32.1. The maximum absolute atomic E-state index is 15.8. The van der Waals surface area contributed by atoms with E-state index in [-0.39, 0.29) is 32.0 Å². The molecule has 0 unspecified atom stereocenters. The zero-order valence-electron chi connectivity index (χ0n) is 31.7. The number of halogens is 1. The maximum atomic E-state index is 15.8. The standard InChI is InChI=1S/C40H50FN7O5S/c1-6-47-32-12-11-25-19-27(32)28(35(47)26-9-7-15-43-34(26)24(2)52-5)21-39(3,4)23-53-37(50)29-10-8-18-48(46-29)36(49)30(20-33-44-31(25)22-54-33)45-38(51)40(41)13-16-42-17-14-40/h7,9,11-12,15,19,22,24,29-30,42,46H,6,8,10,13-14,16-18,20-21,23H2,1-5H3,(H,45,51)/t24-,29-,30-/m0/s1. The van der Waals surface area contributed by atoms with Crippen molar-refractivity contribution in [2.24, 2.45) is 5.41 Å². The minimum absolute atomic E-state index is 0.0206. The van der Waals surface area contributed by atoms with Crippen LogP contribution in [0.25, 0.3) is 33.4 Å². The van der Waals surface area contributed by atoms with Gasteiger partial charge in [-0.25, -0.2) is 14.8 Å². The molecule has 12 nitrogen and oxygen atoms in total. The van der Waals surface area contributed by atoms with Gasteiger partial charge in [0.25, 0.3) is 11.8 Å². The average molecular weight is 760 g/mol. The van der Waals surface area contributed by atoms with Gasteiger partial charge in [0.2, 0.25) is 0 Å². The van der Waals surface area contributed by atoms with Crippen molar-refractivity contribution in [2.45, 2.75) is 96.6 Å². The van der Waals surface area contributed by atoms with Gasteiger partial charge >= 0.3 is 5.97 Å². The van der Waals surface area contributed by atoms with Gasteiger partial charge in [-0.3, -0.25) is 24.4 Å². The molecule has 2 saturated heterocycles. The number of pyridine rings is 1. The number of nitrogens with one attached hydrogen (secondary N) is 3. The van der Waals surface area contributed by atoms with Crippen molar-refractivity contribution < 1.29 is 28.2 Å². The number of hydrogen-bond donors (Lipinski definition) is 3. The van der Waals surface area contributed by atoms with Gasteiger partial charge in [0.05, 0.1) is 34.8 Å². The first-order valence-corrected chi connectivity index (χ1v) is 19.8. The molecule has 0 aliphatic carbocycles. The number of benzene rings is 1. The van der Waals surface area contributed by atoms with E-state index in [1.54, 1.807) is 13.3 Å². The quantitative estimate of drug-likeness (QED) is 0.224. The lowest BCUT2D eigenvalue weighted by Gasteiger charge is -2.36. The first-order valence-electron chi connectivity index (χ1n) is 18.9. The van der Waals surface area contributed by atoms with E-state index >= 15 is 4.39 Å². The van der Waals surface area contributed by atoms with Crippen LogP contribution in [0.3, 0.4) is 0 Å². The molecule has 3 aromatic heterocycles. The Morgan fingerprint density at radius 3 is 2.78 bits per heavy atom. The molecule has 54 heavy (non-hydrogen) atoms. The fourth-order valence-corrected chi connectivity index (χ4v) is 8.75. The van der Waals surface area contributed by atoms with E-state index in [0.29, 0.717) is 50.4 Å². The van der Waals surface area contributed by atoms with Crippen molar-refractivity contribution in [1.82, 2.24) is 35.6 Å². The predicted octanol–water partition coefficient (Wildman–Crippen LogP) is 5.29. The monoisotopic (exact) mass is 759 g/mol. The van der Waals surface area contributed by atoms with E-state index in [1.807, 2.05) is 18.4 Å². The third-order valence-corrected chi connectivity index (χ3v) is 11.8. The van der Waals surface area contributed by atoms with Crippen LogP contribution in [0.4, 0.5) is 4.39 Å². The highest BCUT2D eigenvalue weighted by molar-refractivity contribution is 7.10. The molecule has 3 atom stereocenters. The highest BCUT2D eigenvalue weighted by Gasteiger charge is 2.43. The Kier molecular flexibility index (Phi) is 10.9. The highest BCUT2D eigenvalue weighted by Crippen LogP contribution is 2.42. The minimum Gasteiger partial charge on any atom is -0.464 e. The molecule has 7 rings (SSSR count). The van der Waals surface area contributed by atoms with Gasteiger partial charge in [0.15, 0.2) is 5.67 Å². The number of cyclic esters (lactones) is 1. The summed E-state index contributed by atoms with van der Waals surface area (Å²) in [5.41, 5.74) is 7.18. The lowest BCUT2D eigenvalue weighted by Crippen LogP contribution is -2.62. The Hall–Kier alpha value is -4.24. The first-order chi connectivity index (χ1) is 25.9. The Balaban J connectivity index is 1.34. The van der Waals surface area contributed by atoms with Gasteiger partial charge in [-0.2, -0.15) is 0 Å². The summed E-state index contributed by atoms with van der Waals surface area (Å²) in [6, 6.07) is 8.52. The van der Waals surface area contributed by atoms with E-state index in [0.717, 1.165) is 44.7 Å². The van der Waals surface area contributed by atoms with Crippen LogP contribution in [0, 0.1) is 5.41 Å². The Morgan fingerprint density at radius 2 is 2.02 bits per heavy atom. The van der Waals surface area contributed by atoms with E-state index < -0.39 is 41.0 Å². The molecule has 4 aromatic rings. The zero-order valence-corrected chi connectivity index (χ0v) is 32.5. The molecule has 3 aliphatic rings. The van der Waals surface area contributed by atoms with Gasteiger partial charge in [-0.05, 0) is 76.0 Å². The van der Waals surface area contributed by atoms with Crippen LogP contribution >= 0.6 is 11.3 Å². The van der Waals surface area contributed by atoms with Crippen molar-refractivity contribution in [3.63, 3.8) is 0 Å². The van der Waals surface area contributed by atoms with Crippen LogP contribution in [0.2, 0.25) is 0 Å². The normalized spacial score (nSPS) is 22.4. The van der Waals surface area contributed by atoms with Crippen molar-refractivity contribution >= 4 is 40.0 Å². The number of thiazole rings is 1. The lowest BCUT2D eigenvalue weighted by molar-refractivity contribution is -0.155.